The molecule has 0 aromatic carbocycles. The molecule has 1 atom stereocenters. The fraction of sp³-hybridized carbons (Fsp3) is 0.800. The minimum absolute atomic E-state index is 0.169. The summed E-state index contributed by atoms with van der Waals surface area (Å²) in [7, 11) is 1.68. The van der Waals surface area contributed by atoms with E-state index < -0.39 is 0 Å². The predicted molar refractivity (Wildman–Crippen MR) is 54.7 cm³/mol. The Hall–Kier alpha value is -0.940. The third-order valence-corrected chi connectivity index (χ3v) is 2.91. The van der Waals surface area contributed by atoms with Crippen LogP contribution in [-0.2, 0) is 17.7 Å². The summed E-state index contributed by atoms with van der Waals surface area (Å²) < 4.78 is 7.16. The summed E-state index contributed by atoms with van der Waals surface area (Å²) in [6.07, 6.45) is 2.90. The van der Waals surface area contributed by atoms with E-state index in [4.69, 9.17) is 4.74 Å². The lowest BCUT2D eigenvalue weighted by Gasteiger charge is -2.21. The summed E-state index contributed by atoms with van der Waals surface area (Å²) in [4.78, 5) is 0. The first kappa shape index (κ1) is 10.6. The van der Waals surface area contributed by atoms with Gasteiger partial charge in [-0.3, -0.25) is 0 Å². The van der Waals surface area contributed by atoms with Gasteiger partial charge >= 0.3 is 0 Å². The van der Waals surface area contributed by atoms with Gasteiger partial charge in [0.2, 0.25) is 0 Å². The maximum absolute atomic E-state index is 9.22. The van der Waals surface area contributed by atoms with Crippen LogP contribution in [0.5, 0.6) is 0 Å². The number of rotatable bonds is 4. The first-order chi connectivity index (χ1) is 7.36. The smallest absolute Gasteiger partial charge is 0.138 e. The standard InChI is InChI=1S/C10H17N3O2/c1-15-6-4-9-11-12-10-8(7-14)3-2-5-13(9)10/h8,14H,2-7H2,1H3. The summed E-state index contributed by atoms with van der Waals surface area (Å²) in [6, 6.07) is 0. The van der Waals surface area contributed by atoms with Crippen LogP contribution in [0.1, 0.15) is 30.4 Å². The van der Waals surface area contributed by atoms with Crippen molar-refractivity contribution in [3.63, 3.8) is 0 Å². The van der Waals surface area contributed by atoms with E-state index in [9.17, 15) is 5.11 Å². The third-order valence-electron chi connectivity index (χ3n) is 2.91. The normalized spacial score (nSPS) is 20.3. The monoisotopic (exact) mass is 211 g/mol. The minimum Gasteiger partial charge on any atom is -0.396 e. The van der Waals surface area contributed by atoms with Crippen LogP contribution in [0.25, 0.3) is 0 Å². The SMILES string of the molecule is COCCc1nnc2n1CCCC2CO. The lowest BCUT2D eigenvalue weighted by Crippen LogP contribution is -2.20. The van der Waals surface area contributed by atoms with E-state index in [0.717, 1.165) is 37.5 Å². The number of hydrogen-bond acceptors (Lipinski definition) is 4. The van der Waals surface area contributed by atoms with Crippen LogP contribution < -0.4 is 0 Å². The predicted octanol–water partition coefficient (Wildman–Crippen LogP) is 0.337. The average Bonchev–Trinajstić information content (AvgIpc) is 2.69. The number of fused-ring (bicyclic) bond motifs is 1. The fourth-order valence-corrected chi connectivity index (χ4v) is 2.07. The summed E-state index contributed by atoms with van der Waals surface area (Å²) in [5, 5.41) is 17.5. The number of hydrogen-bond donors (Lipinski definition) is 1. The molecule has 1 aromatic heterocycles. The van der Waals surface area contributed by atoms with Crippen molar-refractivity contribution in [1.29, 1.82) is 0 Å². The van der Waals surface area contributed by atoms with E-state index in [1.807, 2.05) is 0 Å². The Kier molecular flexibility index (Phi) is 3.33. The Balaban J connectivity index is 2.18. The molecule has 0 fully saturated rings. The fourth-order valence-electron chi connectivity index (χ4n) is 2.07. The summed E-state index contributed by atoms with van der Waals surface area (Å²) in [6.45, 7) is 1.81. The van der Waals surface area contributed by atoms with Crippen molar-refractivity contribution in [2.75, 3.05) is 20.3 Å². The van der Waals surface area contributed by atoms with Crippen molar-refractivity contribution in [1.82, 2.24) is 14.8 Å². The first-order valence-electron chi connectivity index (χ1n) is 5.38. The maximum Gasteiger partial charge on any atom is 0.138 e. The van der Waals surface area contributed by atoms with Gasteiger partial charge in [0.05, 0.1) is 13.2 Å². The Bertz CT molecular complexity index is 324. The van der Waals surface area contributed by atoms with Crippen LogP contribution >= 0.6 is 0 Å². The van der Waals surface area contributed by atoms with E-state index >= 15 is 0 Å². The Morgan fingerprint density at radius 3 is 3.13 bits per heavy atom. The summed E-state index contributed by atoms with van der Waals surface area (Å²) in [5.74, 6) is 2.09. The molecule has 15 heavy (non-hydrogen) atoms. The second-order valence-corrected chi connectivity index (χ2v) is 3.89. The number of methoxy groups -OCH3 is 1. The van der Waals surface area contributed by atoms with Gasteiger partial charge in [0.1, 0.15) is 11.6 Å². The highest BCUT2D eigenvalue weighted by Crippen LogP contribution is 2.25. The molecule has 1 aliphatic rings. The van der Waals surface area contributed by atoms with Gasteiger partial charge in [0, 0.05) is 26.0 Å². The average molecular weight is 211 g/mol. The Morgan fingerprint density at radius 2 is 2.40 bits per heavy atom. The number of ether oxygens (including phenoxy) is 1. The number of aromatic nitrogens is 3. The molecule has 0 saturated heterocycles. The van der Waals surface area contributed by atoms with Gasteiger partial charge in [-0.15, -0.1) is 10.2 Å². The molecule has 1 N–H and O–H groups in total. The van der Waals surface area contributed by atoms with E-state index in [0.29, 0.717) is 6.61 Å². The molecule has 0 amide bonds. The number of aliphatic hydroxyl groups is 1. The molecule has 2 heterocycles. The van der Waals surface area contributed by atoms with Crippen LogP contribution in [0.2, 0.25) is 0 Å². The summed E-state index contributed by atoms with van der Waals surface area (Å²) in [5.41, 5.74) is 0. The zero-order chi connectivity index (χ0) is 10.7. The number of aliphatic hydroxyl groups excluding tert-OH is 1. The topological polar surface area (TPSA) is 60.2 Å². The van der Waals surface area contributed by atoms with Crippen molar-refractivity contribution < 1.29 is 9.84 Å². The van der Waals surface area contributed by atoms with Gasteiger partial charge < -0.3 is 14.4 Å². The van der Waals surface area contributed by atoms with Crippen molar-refractivity contribution >= 4 is 0 Å². The van der Waals surface area contributed by atoms with E-state index in [1.54, 1.807) is 7.11 Å². The lowest BCUT2D eigenvalue weighted by molar-refractivity contribution is 0.198. The van der Waals surface area contributed by atoms with E-state index in [2.05, 4.69) is 14.8 Å². The second-order valence-electron chi connectivity index (χ2n) is 3.89. The van der Waals surface area contributed by atoms with E-state index in [-0.39, 0.29) is 12.5 Å². The van der Waals surface area contributed by atoms with Crippen molar-refractivity contribution in [2.24, 2.45) is 0 Å². The molecule has 5 nitrogen and oxygen atoms in total. The van der Waals surface area contributed by atoms with Crippen LogP contribution in [0.4, 0.5) is 0 Å². The van der Waals surface area contributed by atoms with Crippen molar-refractivity contribution in [3.05, 3.63) is 11.6 Å². The van der Waals surface area contributed by atoms with Gasteiger partial charge in [0.25, 0.3) is 0 Å². The van der Waals surface area contributed by atoms with Crippen LogP contribution in [0.15, 0.2) is 0 Å². The van der Waals surface area contributed by atoms with Gasteiger partial charge in [-0.1, -0.05) is 0 Å². The molecule has 0 spiro atoms. The molecule has 2 rings (SSSR count). The highest BCUT2D eigenvalue weighted by molar-refractivity contribution is 5.05. The van der Waals surface area contributed by atoms with Gasteiger partial charge in [-0.25, -0.2) is 0 Å². The molecule has 84 valence electrons. The van der Waals surface area contributed by atoms with Gasteiger partial charge in [-0.05, 0) is 12.8 Å². The minimum atomic E-state index is 0.169. The Morgan fingerprint density at radius 1 is 1.53 bits per heavy atom. The zero-order valence-corrected chi connectivity index (χ0v) is 9.02. The molecule has 0 radical (unpaired) electrons. The quantitative estimate of drug-likeness (QED) is 0.780. The highest BCUT2D eigenvalue weighted by Gasteiger charge is 2.24. The summed E-state index contributed by atoms with van der Waals surface area (Å²) >= 11 is 0. The Labute approximate surface area is 89.1 Å². The lowest BCUT2D eigenvalue weighted by atomic mass is 10.00. The van der Waals surface area contributed by atoms with Crippen LogP contribution in [0, 0.1) is 0 Å². The van der Waals surface area contributed by atoms with E-state index in [1.165, 1.54) is 0 Å². The molecule has 0 aliphatic carbocycles. The van der Waals surface area contributed by atoms with Crippen molar-refractivity contribution in [2.45, 2.75) is 31.7 Å². The third kappa shape index (κ3) is 2.03. The first-order valence-corrected chi connectivity index (χ1v) is 5.38. The van der Waals surface area contributed by atoms with Gasteiger partial charge in [0.15, 0.2) is 0 Å². The molecular formula is C10H17N3O2. The highest BCUT2D eigenvalue weighted by atomic mass is 16.5. The molecule has 0 bridgehead atoms. The van der Waals surface area contributed by atoms with Gasteiger partial charge in [-0.2, -0.15) is 0 Å². The molecule has 1 aromatic rings. The van der Waals surface area contributed by atoms with Crippen molar-refractivity contribution in [3.8, 4) is 0 Å². The molecule has 1 aliphatic heterocycles. The molecule has 5 heteroatoms. The second kappa shape index (κ2) is 4.72. The zero-order valence-electron chi connectivity index (χ0n) is 9.02. The molecular weight excluding hydrogens is 194 g/mol. The molecule has 0 saturated carbocycles. The molecule has 1 unspecified atom stereocenters. The largest absolute Gasteiger partial charge is 0.396 e. The number of nitrogens with zero attached hydrogens (tertiary/aromatic N) is 3. The maximum atomic E-state index is 9.22. The van der Waals surface area contributed by atoms with Crippen LogP contribution in [-0.4, -0.2) is 40.2 Å². The van der Waals surface area contributed by atoms with Crippen LogP contribution in [0.3, 0.4) is 0 Å².